The van der Waals surface area contributed by atoms with Gasteiger partial charge < -0.3 is 19.7 Å². The fourth-order valence-corrected chi connectivity index (χ4v) is 3.67. The van der Waals surface area contributed by atoms with E-state index in [-0.39, 0.29) is 24.2 Å². The van der Waals surface area contributed by atoms with E-state index in [0.717, 1.165) is 17.9 Å². The van der Waals surface area contributed by atoms with Gasteiger partial charge in [-0.15, -0.1) is 0 Å². The molecule has 6 heteroatoms. The summed E-state index contributed by atoms with van der Waals surface area (Å²) >= 11 is 0. The molecule has 0 bridgehead atoms. The van der Waals surface area contributed by atoms with Crippen molar-refractivity contribution in [3.05, 3.63) is 54.1 Å². The van der Waals surface area contributed by atoms with Crippen LogP contribution in [-0.4, -0.2) is 37.6 Å². The van der Waals surface area contributed by atoms with Gasteiger partial charge in [-0.2, -0.15) is 0 Å². The van der Waals surface area contributed by atoms with E-state index in [4.69, 9.17) is 9.47 Å². The van der Waals surface area contributed by atoms with E-state index in [2.05, 4.69) is 11.4 Å². The molecule has 0 radical (unpaired) electrons. The number of ether oxygens (including phenoxy) is 2. The van der Waals surface area contributed by atoms with Crippen LogP contribution in [0.15, 0.2) is 48.5 Å². The van der Waals surface area contributed by atoms with E-state index in [1.165, 1.54) is 5.56 Å². The second-order valence-electron chi connectivity index (χ2n) is 7.26. The summed E-state index contributed by atoms with van der Waals surface area (Å²) in [6.45, 7) is 3.23. The Morgan fingerprint density at radius 1 is 1.14 bits per heavy atom. The van der Waals surface area contributed by atoms with Crippen LogP contribution in [0.4, 0.5) is 5.69 Å². The Balaban J connectivity index is 1.30. The molecule has 2 atom stereocenters. The van der Waals surface area contributed by atoms with Crippen molar-refractivity contribution in [1.82, 2.24) is 5.32 Å². The highest BCUT2D eigenvalue weighted by molar-refractivity contribution is 6.00. The molecule has 146 valence electrons. The maximum atomic E-state index is 12.5. The molecule has 0 saturated heterocycles. The Hall–Kier alpha value is -3.02. The lowest BCUT2D eigenvalue weighted by molar-refractivity contribution is -0.125. The van der Waals surface area contributed by atoms with Crippen molar-refractivity contribution in [2.45, 2.75) is 25.9 Å². The topological polar surface area (TPSA) is 67.9 Å². The Morgan fingerprint density at radius 3 is 2.75 bits per heavy atom. The molecule has 2 aromatic rings. The molecule has 0 fully saturated rings. The lowest BCUT2D eigenvalue weighted by Crippen LogP contribution is -2.46. The molecule has 2 unspecified atom stereocenters. The molecule has 2 aliphatic rings. The minimum Gasteiger partial charge on any atom is -0.493 e. The minimum absolute atomic E-state index is 0.0664. The molecule has 0 aromatic heterocycles. The summed E-state index contributed by atoms with van der Waals surface area (Å²) in [6.07, 6.45) is 0.595. The van der Waals surface area contributed by atoms with Crippen molar-refractivity contribution in [3.63, 3.8) is 0 Å². The van der Waals surface area contributed by atoms with Crippen molar-refractivity contribution in [1.29, 1.82) is 0 Å². The number of amides is 2. The first kappa shape index (κ1) is 18.3. The van der Waals surface area contributed by atoms with Crippen LogP contribution in [0.2, 0.25) is 0 Å². The number of hydrogen-bond acceptors (Lipinski definition) is 4. The Labute approximate surface area is 164 Å². The average molecular weight is 380 g/mol. The maximum Gasteiger partial charge on any atom is 0.267 e. The molecule has 0 saturated carbocycles. The third-order valence-electron chi connectivity index (χ3n) is 5.18. The smallest absolute Gasteiger partial charge is 0.267 e. The Kier molecular flexibility index (Phi) is 5.19. The van der Waals surface area contributed by atoms with Gasteiger partial charge in [-0.05, 0) is 37.1 Å². The number of nitrogens with one attached hydrogen (secondary N) is 1. The second-order valence-corrected chi connectivity index (χ2v) is 7.26. The zero-order valence-corrected chi connectivity index (χ0v) is 15.9. The molecule has 1 N–H and O–H groups in total. The van der Waals surface area contributed by atoms with Gasteiger partial charge in [0.2, 0.25) is 5.91 Å². The van der Waals surface area contributed by atoms with E-state index in [1.807, 2.05) is 42.5 Å². The van der Waals surface area contributed by atoms with E-state index in [0.29, 0.717) is 25.4 Å². The normalized spacial score (nSPS) is 20.5. The summed E-state index contributed by atoms with van der Waals surface area (Å²) in [5.41, 5.74) is 1.90. The third-order valence-corrected chi connectivity index (χ3v) is 5.18. The summed E-state index contributed by atoms with van der Waals surface area (Å²) in [7, 11) is 0. The number of fused-ring (bicyclic) bond motifs is 2. The first-order chi connectivity index (χ1) is 13.6. The van der Waals surface area contributed by atoms with Gasteiger partial charge in [-0.1, -0.05) is 30.3 Å². The molecule has 6 nitrogen and oxygen atoms in total. The number of anilines is 1. The zero-order chi connectivity index (χ0) is 19.5. The van der Waals surface area contributed by atoms with Crippen molar-refractivity contribution < 1.29 is 19.1 Å². The summed E-state index contributed by atoms with van der Waals surface area (Å²) in [6, 6.07) is 15.4. The number of hydrogen-bond donors (Lipinski definition) is 1. The van der Waals surface area contributed by atoms with Crippen LogP contribution >= 0.6 is 0 Å². The van der Waals surface area contributed by atoms with Crippen LogP contribution < -0.4 is 19.7 Å². The highest BCUT2D eigenvalue weighted by Crippen LogP contribution is 2.33. The summed E-state index contributed by atoms with van der Waals surface area (Å²) in [4.78, 5) is 26.5. The van der Waals surface area contributed by atoms with Crippen LogP contribution in [0, 0.1) is 5.92 Å². The summed E-state index contributed by atoms with van der Waals surface area (Å²) in [5, 5.41) is 2.98. The lowest BCUT2D eigenvalue weighted by atomic mass is 9.97. The second kappa shape index (κ2) is 7.92. The van der Waals surface area contributed by atoms with Gasteiger partial charge in [0.25, 0.3) is 5.91 Å². The molecule has 0 spiro atoms. The van der Waals surface area contributed by atoms with Gasteiger partial charge in [0.1, 0.15) is 11.5 Å². The average Bonchev–Trinajstić information content (AvgIpc) is 2.72. The van der Waals surface area contributed by atoms with Crippen LogP contribution in [-0.2, 0) is 16.0 Å². The van der Waals surface area contributed by atoms with Crippen molar-refractivity contribution in [2.75, 3.05) is 24.6 Å². The molecule has 4 rings (SSSR count). The van der Waals surface area contributed by atoms with Crippen LogP contribution in [0.3, 0.4) is 0 Å². The quantitative estimate of drug-likeness (QED) is 0.866. The van der Waals surface area contributed by atoms with Crippen molar-refractivity contribution in [2.24, 2.45) is 5.92 Å². The molecule has 2 aliphatic heterocycles. The van der Waals surface area contributed by atoms with Gasteiger partial charge in [0.05, 0.1) is 12.3 Å². The predicted molar refractivity (Wildman–Crippen MR) is 106 cm³/mol. The SMILES string of the molecule is CC1Oc2ccccc2N(CCC(=O)NCC2COc3ccccc3C2)C1=O. The van der Waals surface area contributed by atoms with Crippen LogP contribution in [0.25, 0.3) is 0 Å². The monoisotopic (exact) mass is 380 g/mol. The van der Waals surface area contributed by atoms with E-state index < -0.39 is 6.10 Å². The lowest BCUT2D eigenvalue weighted by Gasteiger charge is -2.32. The van der Waals surface area contributed by atoms with E-state index >= 15 is 0 Å². The number of para-hydroxylation sites is 3. The molecule has 28 heavy (non-hydrogen) atoms. The zero-order valence-electron chi connectivity index (χ0n) is 15.9. The highest BCUT2D eigenvalue weighted by atomic mass is 16.5. The number of carbonyl (C=O) groups excluding carboxylic acids is 2. The summed E-state index contributed by atoms with van der Waals surface area (Å²) < 4.78 is 11.4. The number of benzene rings is 2. The van der Waals surface area contributed by atoms with Gasteiger partial charge in [0, 0.05) is 25.4 Å². The third kappa shape index (κ3) is 3.81. The van der Waals surface area contributed by atoms with Gasteiger partial charge in [-0.3, -0.25) is 9.59 Å². The molecule has 2 amide bonds. The first-order valence-electron chi connectivity index (χ1n) is 9.66. The van der Waals surface area contributed by atoms with Crippen LogP contribution in [0.5, 0.6) is 11.5 Å². The molecule has 2 heterocycles. The Bertz CT molecular complexity index is 882. The minimum atomic E-state index is -0.544. The largest absolute Gasteiger partial charge is 0.493 e. The van der Waals surface area contributed by atoms with Gasteiger partial charge in [0.15, 0.2) is 6.10 Å². The molecular weight excluding hydrogens is 356 g/mol. The highest BCUT2D eigenvalue weighted by Gasteiger charge is 2.31. The van der Waals surface area contributed by atoms with Gasteiger partial charge in [-0.25, -0.2) is 0 Å². The van der Waals surface area contributed by atoms with Gasteiger partial charge >= 0.3 is 0 Å². The molecule has 2 aromatic carbocycles. The van der Waals surface area contributed by atoms with Crippen molar-refractivity contribution >= 4 is 17.5 Å². The Morgan fingerprint density at radius 2 is 1.89 bits per heavy atom. The van der Waals surface area contributed by atoms with E-state index in [1.54, 1.807) is 11.8 Å². The summed E-state index contributed by atoms with van der Waals surface area (Å²) in [5.74, 6) is 1.67. The predicted octanol–water partition coefficient (Wildman–Crippen LogP) is 2.56. The fourth-order valence-electron chi connectivity index (χ4n) is 3.67. The fraction of sp³-hybridized carbons (Fsp3) is 0.364. The number of carbonyl (C=O) groups is 2. The van der Waals surface area contributed by atoms with Crippen LogP contribution in [0.1, 0.15) is 18.9 Å². The van der Waals surface area contributed by atoms with E-state index in [9.17, 15) is 9.59 Å². The standard InChI is InChI=1S/C22H24N2O4/c1-15-22(26)24(18-7-3-5-9-20(18)28-15)11-10-21(25)23-13-16-12-17-6-2-4-8-19(17)27-14-16/h2-9,15-16H,10-14H2,1H3,(H,23,25). The molecule has 0 aliphatic carbocycles. The number of nitrogens with zero attached hydrogens (tertiary/aromatic N) is 1. The maximum absolute atomic E-state index is 12.5. The first-order valence-corrected chi connectivity index (χ1v) is 9.66. The molecular formula is C22H24N2O4. The number of rotatable bonds is 5. The van der Waals surface area contributed by atoms with Crippen molar-refractivity contribution in [3.8, 4) is 11.5 Å².